The van der Waals surface area contributed by atoms with Crippen LogP contribution >= 0.6 is 15.9 Å². The highest BCUT2D eigenvalue weighted by Crippen LogP contribution is 2.35. The third-order valence-electron chi connectivity index (χ3n) is 3.01. The van der Waals surface area contributed by atoms with Gasteiger partial charge < -0.3 is 5.32 Å². The van der Waals surface area contributed by atoms with Crippen LogP contribution in [0.5, 0.6) is 0 Å². The standard InChI is InChI=1S/C12H13BrF3N/c13-10-5-4-8(12(14,15)16)7-9(10)11-3-1-2-6-17-11/h4-5,7,11,17H,1-3,6H2/t11-/m1/s1. The smallest absolute Gasteiger partial charge is 0.310 e. The van der Waals surface area contributed by atoms with Crippen LogP contribution in [0.3, 0.4) is 0 Å². The molecule has 1 aliphatic heterocycles. The van der Waals surface area contributed by atoms with E-state index in [4.69, 9.17) is 0 Å². The predicted octanol–water partition coefficient (Wildman–Crippen LogP) is 4.28. The van der Waals surface area contributed by atoms with E-state index in [-0.39, 0.29) is 6.04 Å². The maximum Gasteiger partial charge on any atom is 0.416 e. The molecule has 0 saturated carbocycles. The molecule has 0 aliphatic carbocycles. The summed E-state index contributed by atoms with van der Waals surface area (Å²) >= 11 is 3.33. The maximum atomic E-state index is 12.6. The summed E-state index contributed by atoms with van der Waals surface area (Å²) in [6.07, 6.45) is -1.24. The Labute approximate surface area is 107 Å². The van der Waals surface area contributed by atoms with E-state index in [0.717, 1.165) is 36.3 Å². The second-order valence-corrected chi connectivity index (χ2v) is 5.09. The Kier molecular flexibility index (Phi) is 3.78. The van der Waals surface area contributed by atoms with Gasteiger partial charge >= 0.3 is 6.18 Å². The number of rotatable bonds is 1. The SMILES string of the molecule is FC(F)(F)c1ccc(Br)c([C@H]2CCCCN2)c1. The van der Waals surface area contributed by atoms with Gasteiger partial charge in [0.2, 0.25) is 0 Å². The van der Waals surface area contributed by atoms with E-state index < -0.39 is 11.7 Å². The second kappa shape index (κ2) is 4.98. The number of alkyl halides is 3. The Hall–Kier alpha value is -0.550. The van der Waals surface area contributed by atoms with Crippen molar-refractivity contribution < 1.29 is 13.2 Å². The van der Waals surface area contributed by atoms with Crippen LogP contribution in [0, 0.1) is 0 Å². The van der Waals surface area contributed by atoms with Gasteiger partial charge in [-0.1, -0.05) is 22.4 Å². The van der Waals surface area contributed by atoms with Crippen LogP contribution in [-0.2, 0) is 6.18 Å². The first-order valence-corrected chi connectivity index (χ1v) is 6.38. The molecule has 1 aromatic carbocycles. The average Bonchev–Trinajstić information content (AvgIpc) is 2.29. The molecular formula is C12H13BrF3N. The van der Waals surface area contributed by atoms with E-state index in [1.54, 1.807) is 0 Å². The van der Waals surface area contributed by atoms with E-state index in [1.165, 1.54) is 12.1 Å². The lowest BCUT2D eigenvalue weighted by Gasteiger charge is -2.25. The molecule has 1 N–H and O–H groups in total. The molecule has 1 saturated heterocycles. The third kappa shape index (κ3) is 3.01. The van der Waals surface area contributed by atoms with Gasteiger partial charge in [0.1, 0.15) is 0 Å². The quantitative estimate of drug-likeness (QED) is 0.816. The van der Waals surface area contributed by atoms with E-state index in [1.807, 2.05) is 0 Å². The summed E-state index contributed by atoms with van der Waals surface area (Å²) in [4.78, 5) is 0. The van der Waals surface area contributed by atoms with Crippen molar-refractivity contribution >= 4 is 15.9 Å². The molecule has 0 aromatic heterocycles. The van der Waals surface area contributed by atoms with Crippen LogP contribution in [-0.4, -0.2) is 6.54 Å². The van der Waals surface area contributed by atoms with E-state index in [9.17, 15) is 13.2 Å². The molecule has 5 heteroatoms. The first kappa shape index (κ1) is 12.9. The van der Waals surface area contributed by atoms with Gasteiger partial charge in [-0.05, 0) is 43.1 Å². The summed E-state index contributed by atoms with van der Waals surface area (Å²) in [5.74, 6) is 0. The van der Waals surface area contributed by atoms with Crippen LogP contribution in [0.25, 0.3) is 0 Å². The molecule has 1 aliphatic rings. The van der Waals surface area contributed by atoms with Crippen LogP contribution in [0.2, 0.25) is 0 Å². The molecule has 17 heavy (non-hydrogen) atoms. The molecule has 1 aromatic rings. The lowest BCUT2D eigenvalue weighted by atomic mass is 9.96. The Morgan fingerprint density at radius 1 is 1.24 bits per heavy atom. The average molecular weight is 308 g/mol. The minimum absolute atomic E-state index is 0.0282. The number of nitrogens with one attached hydrogen (secondary N) is 1. The van der Waals surface area contributed by atoms with Crippen molar-refractivity contribution in [2.75, 3.05) is 6.54 Å². The molecule has 1 heterocycles. The number of benzene rings is 1. The van der Waals surface area contributed by atoms with Gasteiger partial charge in [0.25, 0.3) is 0 Å². The Morgan fingerprint density at radius 3 is 2.59 bits per heavy atom. The monoisotopic (exact) mass is 307 g/mol. The van der Waals surface area contributed by atoms with Crippen LogP contribution in [0.15, 0.2) is 22.7 Å². The fraction of sp³-hybridized carbons (Fsp3) is 0.500. The third-order valence-corrected chi connectivity index (χ3v) is 3.73. The van der Waals surface area contributed by atoms with Crippen molar-refractivity contribution in [3.8, 4) is 0 Å². The summed E-state index contributed by atoms with van der Waals surface area (Å²) in [5, 5.41) is 3.26. The minimum atomic E-state index is -4.27. The van der Waals surface area contributed by atoms with Crippen molar-refractivity contribution in [1.82, 2.24) is 5.32 Å². The van der Waals surface area contributed by atoms with Gasteiger partial charge in [0.15, 0.2) is 0 Å². The second-order valence-electron chi connectivity index (χ2n) is 4.24. The molecule has 1 fully saturated rings. The van der Waals surface area contributed by atoms with Gasteiger partial charge in [0.05, 0.1) is 5.56 Å². The molecule has 2 rings (SSSR count). The van der Waals surface area contributed by atoms with Crippen molar-refractivity contribution in [3.63, 3.8) is 0 Å². The highest BCUT2D eigenvalue weighted by molar-refractivity contribution is 9.10. The Bertz CT molecular complexity index is 397. The number of piperidine rings is 1. The lowest BCUT2D eigenvalue weighted by Crippen LogP contribution is -2.27. The molecule has 0 spiro atoms. The topological polar surface area (TPSA) is 12.0 Å². The molecule has 1 nitrogen and oxygen atoms in total. The number of halogens is 4. The molecule has 0 amide bonds. The molecule has 0 unspecified atom stereocenters. The van der Waals surface area contributed by atoms with E-state index >= 15 is 0 Å². The zero-order valence-corrected chi connectivity index (χ0v) is 10.7. The highest BCUT2D eigenvalue weighted by atomic mass is 79.9. The highest BCUT2D eigenvalue weighted by Gasteiger charge is 2.31. The summed E-state index contributed by atoms with van der Waals surface area (Å²) in [7, 11) is 0. The number of hydrogen-bond donors (Lipinski definition) is 1. The van der Waals surface area contributed by atoms with Crippen LogP contribution < -0.4 is 5.32 Å². The van der Waals surface area contributed by atoms with E-state index in [2.05, 4.69) is 21.2 Å². The normalized spacial score (nSPS) is 21.5. The zero-order chi connectivity index (χ0) is 12.5. The van der Waals surface area contributed by atoms with Crippen molar-refractivity contribution in [2.45, 2.75) is 31.5 Å². The van der Waals surface area contributed by atoms with Crippen molar-refractivity contribution in [2.24, 2.45) is 0 Å². The fourth-order valence-corrected chi connectivity index (χ4v) is 2.63. The zero-order valence-electron chi connectivity index (χ0n) is 9.15. The van der Waals surface area contributed by atoms with Crippen molar-refractivity contribution in [1.29, 1.82) is 0 Å². The minimum Gasteiger partial charge on any atom is -0.310 e. The van der Waals surface area contributed by atoms with Gasteiger partial charge in [-0.15, -0.1) is 0 Å². The maximum absolute atomic E-state index is 12.6. The largest absolute Gasteiger partial charge is 0.416 e. The molecule has 0 bridgehead atoms. The summed E-state index contributed by atoms with van der Waals surface area (Å²) < 4.78 is 38.6. The Morgan fingerprint density at radius 2 is 2.00 bits per heavy atom. The Balaban J connectivity index is 2.31. The fourth-order valence-electron chi connectivity index (χ4n) is 2.10. The first-order valence-electron chi connectivity index (χ1n) is 5.58. The molecule has 94 valence electrons. The summed E-state index contributed by atoms with van der Waals surface area (Å²) in [6, 6.07) is 3.86. The summed E-state index contributed by atoms with van der Waals surface area (Å²) in [5.41, 5.74) is 0.127. The van der Waals surface area contributed by atoms with E-state index in [0.29, 0.717) is 5.56 Å². The lowest BCUT2D eigenvalue weighted by molar-refractivity contribution is -0.137. The van der Waals surface area contributed by atoms with Crippen molar-refractivity contribution in [3.05, 3.63) is 33.8 Å². The molecular weight excluding hydrogens is 295 g/mol. The van der Waals surface area contributed by atoms with Crippen LogP contribution in [0.1, 0.15) is 36.4 Å². The number of hydrogen-bond acceptors (Lipinski definition) is 1. The predicted molar refractivity (Wildman–Crippen MR) is 63.7 cm³/mol. The van der Waals surface area contributed by atoms with Crippen LogP contribution in [0.4, 0.5) is 13.2 Å². The summed E-state index contributed by atoms with van der Waals surface area (Å²) in [6.45, 7) is 0.868. The van der Waals surface area contributed by atoms with Gasteiger partial charge in [0, 0.05) is 10.5 Å². The van der Waals surface area contributed by atoms with Gasteiger partial charge in [-0.2, -0.15) is 13.2 Å². The molecule has 1 atom stereocenters. The van der Waals surface area contributed by atoms with Gasteiger partial charge in [-0.25, -0.2) is 0 Å². The van der Waals surface area contributed by atoms with Gasteiger partial charge in [-0.3, -0.25) is 0 Å². The molecule has 0 radical (unpaired) electrons. The first-order chi connectivity index (χ1) is 7.98.